The summed E-state index contributed by atoms with van der Waals surface area (Å²) in [4.78, 5) is 18.0. The molecule has 0 unspecified atom stereocenters. The maximum atomic E-state index is 12.6. The number of likely N-dealkylation sites (tertiary alicyclic amines) is 1. The van der Waals surface area contributed by atoms with Crippen molar-refractivity contribution in [2.45, 2.75) is 30.7 Å². The summed E-state index contributed by atoms with van der Waals surface area (Å²) in [5.41, 5.74) is 2.11. The normalized spacial score (nSPS) is 26.6. The van der Waals surface area contributed by atoms with Gasteiger partial charge in [-0.3, -0.25) is 4.79 Å². The number of methoxy groups -OCH3 is 2. The number of fused-ring (bicyclic) bond motifs is 1. The van der Waals surface area contributed by atoms with Gasteiger partial charge in [0.15, 0.2) is 23.9 Å². The molecule has 1 aromatic carbocycles. The Morgan fingerprint density at radius 1 is 1.17 bits per heavy atom. The molecule has 2 aliphatic rings. The minimum atomic E-state index is 0.00830. The Morgan fingerprint density at radius 3 is 2.66 bits per heavy atom. The van der Waals surface area contributed by atoms with Crippen molar-refractivity contribution >= 4 is 5.91 Å². The van der Waals surface area contributed by atoms with Crippen LogP contribution in [0.15, 0.2) is 42.7 Å². The van der Waals surface area contributed by atoms with Gasteiger partial charge in [0, 0.05) is 36.7 Å². The average Bonchev–Trinajstić information content (AvgIpc) is 3.10. The summed E-state index contributed by atoms with van der Waals surface area (Å²) in [6.45, 7) is 2.07. The van der Waals surface area contributed by atoms with Crippen LogP contribution < -0.4 is 19.8 Å². The lowest BCUT2D eigenvalue weighted by molar-refractivity contribution is -0.378. The third-order valence-electron chi connectivity index (χ3n) is 6.65. The lowest BCUT2D eigenvalue weighted by atomic mass is 9.63. The molecule has 2 aromatic rings. The van der Waals surface area contributed by atoms with Gasteiger partial charge in [-0.05, 0) is 49.9 Å². The maximum absolute atomic E-state index is 12.6. The summed E-state index contributed by atoms with van der Waals surface area (Å²) >= 11 is 0. The highest BCUT2D eigenvalue weighted by Gasteiger charge is 2.50. The van der Waals surface area contributed by atoms with E-state index in [1.165, 1.54) is 5.56 Å². The van der Waals surface area contributed by atoms with Crippen molar-refractivity contribution in [2.24, 2.45) is 5.92 Å². The van der Waals surface area contributed by atoms with Gasteiger partial charge in [-0.2, -0.15) is 0 Å². The van der Waals surface area contributed by atoms with Crippen LogP contribution in [0.1, 0.15) is 35.2 Å². The van der Waals surface area contributed by atoms with Gasteiger partial charge in [0.1, 0.15) is 0 Å². The number of amides is 1. The van der Waals surface area contributed by atoms with Gasteiger partial charge in [-0.1, -0.05) is 6.07 Å². The molecule has 6 heteroatoms. The van der Waals surface area contributed by atoms with Crippen molar-refractivity contribution in [3.8, 4) is 11.5 Å². The first kappa shape index (κ1) is 19.7. The van der Waals surface area contributed by atoms with E-state index < -0.39 is 0 Å². The van der Waals surface area contributed by atoms with E-state index in [4.69, 9.17) is 9.47 Å². The van der Waals surface area contributed by atoms with Crippen LogP contribution in [0.4, 0.5) is 0 Å². The maximum Gasteiger partial charge on any atom is 0.251 e. The van der Waals surface area contributed by atoms with Crippen LogP contribution in [0.5, 0.6) is 11.5 Å². The average molecular weight is 397 g/mol. The predicted octanol–water partition coefficient (Wildman–Crippen LogP) is 2.30. The highest BCUT2D eigenvalue weighted by Crippen LogP contribution is 2.49. The van der Waals surface area contributed by atoms with Crippen LogP contribution in [0, 0.1) is 5.92 Å². The molecule has 154 valence electrons. The second-order valence-electron chi connectivity index (χ2n) is 8.35. The van der Waals surface area contributed by atoms with E-state index in [2.05, 4.69) is 34.4 Å². The molecule has 4 rings (SSSR count). The molecule has 2 fully saturated rings. The molecular formula is C23H30N3O3+. The molecule has 0 spiro atoms. The van der Waals surface area contributed by atoms with Crippen LogP contribution in [0.25, 0.3) is 0 Å². The summed E-state index contributed by atoms with van der Waals surface area (Å²) in [7, 11) is 5.54. The zero-order valence-electron chi connectivity index (χ0n) is 17.4. The van der Waals surface area contributed by atoms with Crippen LogP contribution in [0.2, 0.25) is 0 Å². The van der Waals surface area contributed by atoms with Gasteiger partial charge >= 0.3 is 0 Å². The van der Waals surface area contributed by atoms with Crippen LogP contribution in [0.3, 0.4) is 0 Å². The van der Waals surface area contributed by atoms with Crippen molar-refractivity contribution < 1.29 is 19.3 Å². The summed E-state index contributed by atoms with van der Waals surface area (Å²) < 4.78 is 11.0. The molecule has 0 radical (unpaired) electrons. The smallest absolute Gasteiger partial charge is 0.251 e. The molecular weight excluding hydrogens is 366 g/mol. The van der Waals surface area contributed by atoms with Crippen molar-refractivity contribution in [3.05, 3.63) is 53.9 Å². The first-order valence-corrected chi connectivity index (χ1v) is 10.2. The van der Waals surface area contributed by atoms with E-state index in [0.717, 1.165) is 43.9 Å². The molecule has 1 saturated heterocycles. The summed E-state index contributed by atoms with van der Waals surface area (Å²) in [5, 5.41) is 3.26. The van der Waals surface area contributed by atoms with E-state index in [1.807, 2.05) is 18.2 Å². The first-order valence-electron chi connectivity index (χ1n) is 10.2. The summed E-state index contributed by atoms with van der Waals surface area (Å²) in [6, 6.07) is 10.2. The van der Waals surface area contributed by atoms with Crippen molar-refractivity contribution in [2.75, 3.05) is 34.4 Å². The third-order valence-corrected chi connectivity index (χ3v) is 6.65. The molecule has 2 N–H and O–H groups in total. The molecule has 0 bridgehead atoms. The standard InChI is InChI=1S/C23H29N3O3/c1-26-14-18-12-19(25-22(27)16-7-10-24-11-8-16)6-9-23(18,15-26)17-4-5-20(28-2)21(13-17)29-3/h4-5,7-8,10-11,13,18-19H,6,9,12,14-15H2,1-3H3,(H,25,27)/p+1/t18-,19-,23+/m1/s1. The number of carbonyl (C=O) groups is 1. The Morgan fingerprint density at radius 2 is 1.93 bits per heavy atom. The number of H-pyrrole nitrogens is 1. The molecule has 1 aliphatic heterocycles. The molecule has 2 heterocycles. The number of aromatic amines is 1. The lowest BCUT2D eigenvalue weighted by Crippen LogP contribution is -2.47. The molecule has 1 amide bonds. The summed E-state index contributed by atoms with van der Waals surface area (Å²) in [6.07, 6.45) is 6.57. The minimum Gasteiger partial charge on any atom is -0.493 e. The van der Waals surface area contributed by atoms with E-state index in [0.29, 0.717) is 11.5 Å². The van der Waals surface area contributed by atoms with Gasteiger partial charge < -0.3 is 19.7 Å². The number of ether oxygens (including phenoxy) is 2. The van der Waals surface area contributed by atoms with Gasteiger partial charge in [-0.25, -0.2) is 4.98 Å². The second kappa shape index (κ2) is 8.03. The zero-order valence-corrected chi connectivity index (χ0v) is 17.4. The highest BCUT2D eigenvalue weighted by atomic mass is 16.5. The van der Waals surface area contributed by atoms with Gasteiger partial charge in [0.05, 0.1) is 19.8 Å². The third kappa shape index (κ3) is 3.69. The Kier molecular flexibility index (Phi) is 5.46. The van der Waals surface area contributed by atoms with E-state index in [9.17, 15) is 4.79 Å². The molecule has 3 atom stereocenters. The number of carbonyl (C=O) groups excluding carboxylic acids is 1. The SMILES string of the molecule is COc1ccc([C@@]23CC[C@@H](NC(=O)c4cc[nH+]cc4)C[C@@H]2CN(C)C3)cc1OC. The van der Waals surface area contributed by atoms with Crippen molar-refractivity contribution in [1.82, 2.24) is 10.2 Å². The fourth-order valence-corrected chi connectivity index (χ4v) is 5.26. The second-order valence-corrected chi connectivity index (χ2v) is 8.35. The zero-order chi connectivity index (χ0) is 20.4. The molecule has 6 nitrogen and oxygen atoms in total. The fourth-order valence-electron chi connectivity index (χ4n) is 5.26. The largest absolute Gasteiger partial charge is 0.493 e. The number of likely N-dealkylation sites (N-methyl/N-ethyl adjacent to an activating group) is 1. The monoisotopic (exact) mass is 396 g/mol. The first-order chi connectivity index (χ1) is 14.1. The molecule has 1 aliphatic carbocycles. The predicted molar refractivity (Wildman–Crippen MR) is 110 cm³/mol. The summed E-state index contributed by atoms with van der Waals surface area (Å²) in [5.74, 6) is 2.04. The van der Waals surface area contributed by atoms with Crippen LogP contribution in [-0.4, -0.2) is 51.2 Å². The Hall–Kier alpha value is -2.60. The molecule has 1 aromatic heterocycles. The lowest BCUT2D eigenvalue weighted by Gasteiger charge is -2.42. The Balaban J connectivity index is 1.54. The van der Waals surface area contributed by atoms with Crippen molar-refractivity contribution in [3.63, 3.8) is 0 Å². The van der Waals surface area contributed by atoms with Gasteiger partial charge in [0.2, 0.25) is 0 Å². The number of aromatic nitrogens is 1. The van der Waals surface area contributed by atoms with Crippen LogP contribution in [-0.2, 0) is 5.41 Å². The quantitative estimate of drug-likeness (QED) is 0.842. The number of nitrogens with zero attached hydrogens (tertiary/aromatic N) is 1. The van der Waals surface area contributed by atoms with Crippen molar-refractivity contribution in [1.29, 1.82) is 0 Å². The fraction of sp³-hybridized carbons (Fsp3) is 0.478. The van der Waals surface area contributed by atoms with Crippen LogP contribution >= 0.6 is 0 Å². The minimum absolute atomic E-state index is 0.00830. The molecule has 29 heavy (non-hydrogen) atoms. The highest BCUT2D eigenvalue weighted by molar-refractivity contribution is 5.94. The number of hydrogen-bond donors (Lipinski definition) is 1. The Labute approximate surface area is 172 Å². The number of pyridine rings is 1. The molecule has 1 saturated carbocycles. The van der Waals surface area contributed by atoms with E-state index in [-0.39, 0.29) is 17.4 Å². The number of rotatable bonds is 5. The number of hydrogen-bond acceptors (Lipinski definition) is 4. The Bertz CT molecular complexity index is 873. The topological polar surface area (TPSA) is 64.9 Å². The van der Waals surface area contributed by atoms with Gasteiger partial charge in [-0.15, -0.1) is 0 Å². The van der Waals surface area contributed by atoms with E-state index in [1.54, 1.807) is 26.6 Å². The van der Waals surface area contributed by atoms with Gasteiger partial charge in [0.25, 0.3) is 5.91 Å². The number of nitrogens with one attached hydrogen (secondary N) is 2. The van der Waals surface area contributed by atoms with E-state index >= 15 is 0 Å². The number of benzene rings is 1.